The van der Waals surface area contributed by atoms with Crippen molar-refractivity contribution in [3.63, 3.8) is 0 Å². The molecule has 25 heavy (non-hydrogen) atoms. The molecule has 4 rings (SSSR count). The first kappa shape index (κ1) is 16.4. The van der Waals surface area contributed by atoms with Gasteiger partial charge in [0, 0.05) is 55.5 Å². The molecule has 0 N–H and O–H groups in total. The van der Waals surface area contributed by atoms with E-state index in [-0.39, 0.29) is 5.82 Å². The summed E-state index contributed by atoms with van der Waals surface area (Å²) in [5.74, 6) is 0.864. The third-order valence-electron chi connectivity index (χ3n) is 4.60. The largest absolute Gasteiger partial charge is 0.384 e. The lowest BCUT2D eigenvalue weighted by Gasteiger charge is -2.30. The number of fused-ring (bicyclic) bond motifs is 1. The number of halogens is 1. The molecule has 0 unspecified atom stereocenters. The van der Waals surface area contributed by atoms with E-state index >= 15 is 0 Å². The fourth-order valence-corrected chi connectivity index (χ4v) is 4.00. The summed E-state index contributed by atoms with van der Waals surface area (Å²) in [7, 11) is 1.68. The summed E-state index contributed by atoms with van der Waals surface area (Å²) < 4.78 is 28.1. The van der Waals surface area contributed by atoms with Crippen LogP contribution in [0.3, 0.4) is 0 Å². The molecule has 8 heteroatoms. The molecule has 0 bridgehead atoms. The van der Waals surface area contributed by atoms with E-state index in [0.717, 1.165) is 54.4 Å². The van der Waals surface area contributed by atoms with Crippen LogP contribution in [-0.4, -0.2) is 41.3 Å². The summed E-state index contributed by atoms with van der Waals surface area (Å²) in [5, 5.41) is 6.08. The highest BCUT2D eigenvalue weighted by molar-refractivity contribution is 7.09. The van der Waals surface area contributed by atoms with Gasteiger partial charge in [0.1, 0.15) is 11.6 Å². The Hall–Kier alpha value is -2.06. The number of benzene rings is 1. The van der Waals surface area contributed by atoms with Crippen LogP contribution in [0.4, 0.5) is 9.52 Å². The lowest BCUT2D eigenvalue weighted by Crippen LogP contribution is -2.33. The molecule has 0 amide bonds. The van der Waals surface area contributed by atoms with E-state index in [1.165, 1.54) is 23.7 Å². The zero-order chi connectivity index (χ0) is 17.2. The molecule has 1 aromatic carbocycles. The topological polar surface area (TPSA) is 64.3 Å². The number of hydrogen-bond acceptors (Lipinski definition) is 7. The molecule has 1 aliphatic rings. The second-order valence-electron chi connectivity index (χ2n) is 6.21. The number of anilines is 1. The summed E-state index contributed by atoms with van der Waals surface area (Å²) in [6.07, 6.45) is 2.67. The first-order valence-electron chi connectivity index (χ1n) is 8.36. The minimum atomic E-state index is -0.300. The highest BCUT2D eigenvalue weighted by atomic mass is 32.1. The Labute approximate surface area is 148 Å². The number of ether oxygens (including phenoxy) is 1. The van der Waals surface area contributed by atoms with Crippen molar-refractivity contribution < 1.29 is 13.7 Å². The number of methoxy groups -OCH3 is 1. The predicted octanol–water partition coefficient (Wildman–Crippen LogP) is 3.39. The fraction of sp³-hybridized carbons (Fsp3) is 0.471. The van der Waals surface area contributed by atoms with Gasteiger partial charge in [-0.3, -0.25) is 0 Å². The monoisotopic (exact) mass is 362 g/mol. The van der Waals surface area contributed by atoms with Crippen LogP contribution in [0.15, 0.2) is 22.7 Å². The normalized spacial score (nSPS) is 16.0. The molecule has 2 aromatic heterocycles. The van der Waals surface area contributed by atoms with Crippen LogP contribution < -0.4 is 4.90 Å². The molecule has 1 saturated heterocycles. The Morgan fingerprint density at radius 3 is 3.00 bits per heavy atom. The van der Waals surface area contributed by atoms with E-state index in [0.29, 0.717) is 18.1 Å². The lowest BCUT2D eigenvalue weighted by atomic mass is 9.92. The van der Waals surface area contributed by atoms with Gasteiger partial charge in [-0.2, -0.15) is 4.37 Å². The van der Waals surface area contributed by atoms with E-state index in [4.69, 9.17) is 9.26 Å². The average Bonchev–Trinajstić information content (AvgIpc) is 3.26. The van der Waals surface area contributed by atoms with Crippen molar-refractivity contribution in [1.82, 2.24) is 14.5 Å². The maximum absolute atomic E-state index is 13.3. The minimum Gasteiger partial charge on any atom is -0.384 e. The molecule has 1 aliphatic heterocycles. The molecule has 132 valence electrons. The summed E-state index contributed by atoms with van der Waals surface area (Å²) in [6.45, 7) is 2.44. The summed E-state index contributed by atoms with van der Waals surface area (Å²) >= 11 is 1.44. The number of rotatable bonds is 5. The highest BCUT2D eigenvalue weighted by Crippen LogP contribution is 2.34. The SMILES string of the molecule is COCCc1nsc(N2CCC(c3noc4cc(F)ccc34)CC2)n1. The standard InChI is InChI=1S/C17H19FN4O2S/c1-23-9-6-15-19-17(25-21-15)22-7-4-11(5-8-22)16-13-3-2-12(18)10-14(13)24-20-16/h2-3,10-11H,4-9H2,1H3. The van der Waals surface area contributed by atoms with Crippen LogP contribution in [0, 0.1) is 5.82 Å². The Bertz CT molecular complexity index is 857. The van der Waals surface area contributed by atoms with Crippen LogP contribution in [0.1, 0.15) is 30.3 Å². The highest BCUT2D eigenvalue weighted by Gasteiger charge is 2.26. The molecule has 0 aliphatic carbocycles. The molecule has 0 saturated carbocycles. The smallest absolute Gasteiger partial charge is 0.205 e. The molecular formula is C17H19FN4O2S. The third-order valence-corrected chi connectivity index (χ3v) is 5.42. The zero-order valence-electron chi connectivity index (χ0n) is 13.9. The van der Waals surface area contributed by atoms with E-state index in [1.807, 2.05) is 0 Å². The van der Waals surface area contributed by atoms with Crippen molar-refractivity contribution in [2.24, 2.45) is 0 Å². The Balaban J connectivity index is 1.43. The number of piperidine rings is 1. The fourth-order valence-electron chi connectivity index (χ4n) is 3.24. The van der Waals surface area contributed by atoms with Crippen LogP contribution in [-0.2, 0) is 11.2 Å². The van der Waals surface area contributed by atoms with Crippen molar-refractivity contribution in [3.8, 4) is 0 Å². The van der Waals surface area contributed by atoms with E-state index in [1.54, 1.807) is 13.2 Å². The van der Waals surface area contributed by atoms with Gasteiger partial charge in [0.25, 0.3) is 0 Å². The van der Waals surface area contributed by atoms with E-state index in [2.05, 4.69) is 19.4 Å². The predicted molar refractivity (Wildman–Crippen MR) is 93.6 cm³/mol. The van der Waals surface area contributed by atoms with Gasteiger partial charge >= 0.3 is 0 Å². The first-order valence-corrected chi connectivity index (χ1v) is 9.13. The average molecular weight is 362 g/mol. The van der Waals surface area contributed by atoms with Crippen LogP contribution in [0.5, 0.6) is 0 Å². The third kappa shape index (κ3) is 3.36. The van der Waals surface area contributed by atoms with Crippen LogP contribution in [0.25, 0.3) is 11.0 Å². The van der Waals surface area contributed by atoms with Gasteiger partial charge in [-0.05, 0) is 25.0 Å². The first-order chi connectivity index (χ1) is 12.2. The lowest BCUT2D eigenvalue weighted by molar-refractivity contribution is 0.201. The molecule has 3 heterocycles. The summed E-state index contributed by atoms with van der Waals surface area (Å²) in [4.78, 5) is 6.87. The van der Waals surface area contributed by atoms with Gasteiger partial charge in [0.05, 0.1) is 12.3 Å². The van der Waals surface area contributed by atoms with E-state index in [9.17, 15) is 4.39 Å². The maximum Gasteiger partial charge on any atom is 0.205 e. The molecule has 6 nitrogen and oxygen atoms in total. The molecule has 0 atom stereocenters. The summed E-state index contributed by atoms with van der Waals surface area (Å²) in [6, 6.07) is 4.61. The molecule has 0 radical (unpaired) electrons. The van der Waals surface area contributed by atoms with Gasteiger partial charge in [-0.15, -0.1) is 0 Å². The second-order valence-corrected chi connectivity index (χ2v) is 6.94. The van der Waals surface area contributed by atoms with Crippen molar-refractivity contribution in [3.05, 3.63) is 35.5 Å². The number of hydrogen-bond donors (Lipinski definition) is 0. The minimum absolute atomic E-state index is 0.300. The van der Waals surface area contributed by atoms with Crippen molar-refractivity contribution in [1.29, 1.82) is 0 Å². The molecule has 0 spiro atoms. The number of aromatic nitrogens is 3. The van der Waals surface area contributed by atoms with Crippen molar-refractivity contribution in [2.45, 2.75) is 25.2 Å². The number of nitrogens with zero attached hydrogens (tertiary/aromatic N) is 4. The van der Waals surface area contributed by atoms with Gasteiger partial charge in [-0.25, -0.2) is 9.37 Å². The van der Waals surface area contributed by atoms with Crippen molar-refractivity contribution >= 4 is 27.6 Å². The molecule has 3 aromatic rings. The van der Waals surface area contributed by atoms with Gasteiger partial charge in [-0.1, -0.05) is 5.16 Å². The van der Waals surface area contributed by atoms with Crippen LogP contribution >= 0.6 is 11.5 Å². The Morgan fingerprint density at radius 2 is 2.20 bits per heavy atom. The Kier molecular flexibility index (Phi) is 4.63. The molecular weight excluding hydrogens is 343 g/mol. The van der Waals surface area contributed by atoms with Gasteiger partial charge < -0.3 is 14.2 Å². The van der Waals surface area contributed by atoms with E-state index < -0.39 is 0 Å². The van der Waals surface area contributed by atoms with Gasteiger partial charge in [0.2, 0.25) is 5.13 Å². The van der Waals surface area contributed by atoms with Crippen LogP contribution in [0.2, 0.25) is 0 Å². The van der Waals surface area contributed by atoms with Crippen molar-refractivity contribution in [2.75, 3.05) is 31.7 Å². The zero-order valence-corrected chi connectivity index (χ0v) is 14.8. The second kappa shape index (κ2) is 7.05. The Morgan fingerprint density at radius 1 is 1.36 bits per heavy atom. The summed E-state index contributed by atoms with van der Waals surface area (Å²) in [5.41, 5.74) is 1.46. The maximum atomic E-state index is 13.3. The van der Waals surface area contributed by atoms with Gasteiger partial charge in [0.15, 0.2) is 5.58 Å². The molecule has 1 fully saturated rings. The quantitative estimate of drug-likeness (QED) is 0.693.